The highest BCUT2D eigenvalue weighted by Crippen LogP contribution is 2.15. The van der Waals surface area contributed by atoms with Crippen LogP contribution in [0.2, 0.25) is 0 Å². The lowest BCUT2D eigenvalue weighted by Gasteiger charge is -2.08. The summed E-state index contributed by atoms with van der Waals surface area (Å²) >= 11 is 0. The molecular formula is C27H26N4O5. The van der Waals surface area contributed by atoms with E-state index >= 15 is 0 Å². The highest BCUT2D eigenvalue weighted by molar-refractivity contribution is 6.39. The number of ether oxygens (including phenoxy) is 2. The fraction of sp³-hybridized carbons (Fsp3) is 0.111. The van der Waals surface area contributed by atoms with Crippen molar-refractivity contribution >= 4 is 29.6 Å². The van der Waals surface area contributed by atoms with E-state index < -0.39 is 11.8 Å². The number of hydrogen-bond acceptors (Lipinski definition) is 6. The number of anilines is 1. The van der Waals surface area contributed by atoms with Gasteiger partial charge in [-0.25, -0.2) is 5.43 Å². The Morgan fingerprint density at radius 3 is 2.19 bits per heavy atom. The van der Waals surface area contributed by atoms with Crippen LogP contribution in [-0.4, -0.2) is 37.1 Å². The molecule has 9 heteroatoms. The Morgan fingerprint density at radius 1 is 0.833 bits per heavy atom. The van der Waals surface area contributed by atoms with E-state index in [4.69, 9.17) is 9.47 Å². The van der Waals surface area contributed by atoms with E-state index in [9.17, 15) is 14.4 Å². The van der Waals surface area contributed by atoms with Crippen molar-refractivity contribution in [2.45, 2.75) is 6.54 Å². The van der Waals surface area contributed by atoms with Gasteiger partial charge in [0.25, 0.3) is 5.91 Å². The standard InChI is InChI=1S/C27H26N4O5/c1-2-16-35-23-14-10-22(11-15-23)30-26(33)27(34)31-29-18-21-8-12-24(13-9-21)36-19-25(32)28-17-20-6-4-3-5-7-20/h2-15,18H,1,16-17,19H2,(H,28,32)(H,30,33)(H,31,34)/b29-18-. The van der Waals surface area contributed by atoms with Crippen molar-refractivity contribution in [3.05, 3.63) is 103 Å². The zero-order valence-electron chi connectivity index (χ0n) is 19.5. The Morgan fingerprint density at radius 2 is 1.50 bits per heavy atom. The molecule has 9 nitrogen and oxygen atoms in total. The van der Waals surface area contributed by atoms with Crippen LogP contribution in [0.3, 0.4) is 0 Å². The van der Waals surface area contributed by atoms with E-state index in [2.05, 4.69) is 27.7 Å². The van der Waals surface area contributed by atoms with Crippen molar-refractivity contribution in [1.82, 2.24) is 10.7 Å². The third kappa shape index (κ3) is 8.79. The number of hydrazone groups is 1. The Labute approximate surface area is 208 Å². The smallest absolute Gasteiger partial charge is 0.329 e. The first-order chi connectivity index (χ1) is 17.5. The van der Waals surface area contributed by atoms with Gasteiger partial charge in [-0.05, 0) is 59.7 Å². The van der Waals surface area contributed by atoms with Crippen LogP contribution in [0.25, 0.3) is 0 Å². The Balaban J connectivity index is 1.38. The minimum Gasteiger partial charge on any atom is -0.490 e. The summed E-state index contributed by atoms with van der Waals surface area (Å²) in [6, 6.07) is 22.9. The molecule has 0 aliphatic rings. The Bertz CT molecular complexity index is 1190. The lowest BCUT2D eigenvalue weighted by molar-refractivity contribution is -0.136. The molecule has 0 unspecified atom stereocenters. The lowest BCUT2D eigenvalue weighted by Crippen LogP contribution is -2.32. The first kappa shape index (κ1) is 25.7. The number of nitrogens with one attached hydrogen (secondary N) is 3. The molecule has 0 aliphatic heterocycles. The summed E-state index contributed by atoms with van der Waals surface area (Å²) in [5, 5.41) is 9.05. The van der Waals surface area contributed by atoms with Gasteiger partial charge in [-0.3, -0.25) is 14.4 Å². The van der Waals surface area contributed by atoms with Crippen molar-refractivity contribution in [2.24, 2.45) is 5.10 Å². The normalized spacial score (nSPS) is 10.3. The molecule has 0 aromatic heterocycles. The van der Waals surface area contributed by atoms with Crippen LogP contribution in [0.1, 0.15) is 11.1 Å². The average molecular weight is 487 g/mol. The fourth-order valence-corrected chi connectivity index (χ4v) is 2.84. The van der Waals surface area contributed by atoms with Crippen LogP contribution in [-0.2, 0) is 20.9 Å². The maximum absolute atomic E-state index is 12.0. The molecule has 3 aromatic rings. The van der Waals surface area contributed by atoms with E-state index in [-0.39, 0.29) is 12.5 Å². The van der Waals surface area contributed by atoms with E-state index in [0.717, 1.165) is 5.56 Å². The van der Waals surface area contributed by atoms with E-state index in [0.29, 0.717) is 35.9 Å². The highest BCUT2D eigenvalue weighted by atomic mass is 16.5. The maximum Gasteiger partial charge on any atom is 0.329 e. The second-order valence-corrected chi connectivity index (χ2v) is 7.40. The fourth-order valence-electron chi connectivity index (χ4n) is 2.84. The van der Waals surface area contributed by atoms with E-state index in [1.54, 1.807) is 54.6 Å². The van der Waals surface area contributed by atoms with Crippen molar-refractivity contribution < 1.29 is 23.9 Å². The molecule has 36 heavy (non-hydrogen) atoms. The molecule has 0 saturated heterocycles. The van der Waals surface area contributed by atoms with E-state index in [1.165, 1.54) is 6.21 Å². The van der Waals surface area contributed by atoms with Gasteiger partial charge >= 0.3 is 11.8 Å². The SMILES string of the molecule is C=CCOc1ccc(NC(=O)C(=O)N/N=C\c2ccc(OCC(=O)NCc3ccccc3)cc2)cc1. The molecule has 0 spiro atoms. The number of hydrogen-bond donors (Lipinski definition) is 3. The van der Waals surface area contributed by atoms with Gasteiger partial charge in [0.15, 0.2) is 6.61 Å². The molecule has 0 atom stereocenters. The van der Waals surface area contributed by atoms with Crippen molar-refractivity contribution in [3.63, 3.8) is 0 Å². The van der Waals surface area contributed by atoms with E-state index in [1.807, 2.05) is 30.3 Å². The molecule has 184 valence electrons. The molecule has 0 fully saturated rings. The first-order valence-corrected chi connectivity index (χ1v) is 11.0. The summed E-state index contributed by atoms with van der Waals surface area (Å²) in [5.41, 5.74) is 4.27. The largest absolute Gasteiger partial charge is 0.490 e. The Kier molecular flexibility index (Phi) is 9.78. The van der Waals surface area contributed by atoms with Gasteiger partial charge in [0, 0.05) is 12.2 Å². The molecule has 0 saturated carbocycles. The number of carbonyl (C=O) groups is 3. The van der Waals surface area contributed by atoms with Gasteiger partial charge < -0.3 is 20.1 Å². The summed E-state index contributed by atoms with van der Waals surface area (Å²) in [6.07, 6.45) is 3.01. The zero-order valence-corrected chi connectivity index (χ0v) is 19.5. The molecule has 0 aliphatic carbocycles. The van der Waals surface area contributed by atoms with Crippen molar-refractivity contribution in [1.29, 1.82) is 0 Å². The van der Waals surface area contributed by atoms with Gasteiger partial charge in [0.1, 0.15) is 18.1 Å². The monoisotopic (exact) mass is 486 g/mol. The third-order valence-corrected chi connectivity index (χ3v) is 4.65. The second kappa shape index (κ2) is 13.7. The van der Waals surface area contributed by atoms with Crippen LogP contribution < -0.4 is 25.5 Å². The molecule has 0 heterocycles. The quantitative estimate of drug-likeness (QED) is 0.167. The minimum atomic E-state index is -0.917. The second-order valence-electron chi connectivity index (χ2n) is 7.40. The first-order valence-electron chi connectivity index (χ1n) is 11.0. The molecule has 0 bridgehead atoms. The van der Waals surface area contributed by atoms with Gasteiger partial charge in [-0.1, -0.05) is 43.0 Å². The maximum atomic E-state index is 12.0. The van der Waals surface area contributed by atoms with Crippen LogP contribution in [0, 0.1) is 0 Å². The minimum absolute atomic E-state index is 0.115. The summed E-state index contributed by atoms with van der Waals surface area (Å²) < 4.78 is 10.8. The van der Waals surface area contributed by atoms with Crippen molar-refractivity contribution in [2.75, 3.05) is 18.5 Å². The number of amides is 3. The predicted molar refractivity (Wildman–Crippen MR) is 137 cm³/mol. The molecule has 3 amide bonds. The molecule has 3 rings (SSSR count). The number of nitrogens with zero attached hydrogens (tertiary/aromatic N) is 1. The number of rotatable bonds is 11. The number of carbonyl (C=O) groups excluding carboxylic acids is 3. The summed E-state index contributed by atoms with van der Waals surface area (Å²) in [4.78, 5) is 35.9. The van der Waals surface area contributed by atoms with Crippen LogP contribution >= 0.6 is 0 Å². The highest BCUT2D eigenvalue weighted by Gasteiger charge is 2.12. The molecular weight excluding hydrogens is 460 g/mol. The topological polar surface area (TPSA) is 118 Å². The van der Waals surface area contributed by atoms with Crippen LogP contribution in [0.4, 0.5) is 5.69 Å². The van der Waals surface area contributed by atoms with Gasteiger partial charge in [-0.2, -0.15) is 5.10 Å². The molecule has 0 radical (unpaired) electrons. The van der Waals surface area contributed by atoms with Gasteiger partial charge in [0.2, 0.25) is 0 Å². The lowest BCUT2D eigenvalue weighted by atomic mass is 10.2. The van der Waals surface area contributed by atoms with Gasteiger partial charge in [0.05, 0.1) is 6.21 Å². The summed E-state index contributed by atoms with van der Waals surface area (Å²) in [5.74, 6) is -0.889. The molecule has 3 N–H and O–H groups in total. The predicted octanol–water partition coefficient (Wildman–Crippen LogP) is 3.04. The zero-order chi connectivity index (χ0) is 25.6. The van der Waals surface area contributed by atoms with Crippen molar-refractivity contribution in [3.8, 4) is 11.5 Å². The summed E-state index contributed by atoms with van der Waals surface area (Å²) in [7, 11) is 0. The Hall–Kier alpha value is -4.92. The third-order valence-electron chi connectivity index (χ3n) is 4.65. The molecule has 3 aromatic carbocycles. The average Bonchev–Trinajstić information content (AvgIpc) is 2.91. The van der Waals surface area contributed by atoms with Gasteiger partial charge in [-0.15, -0.1) is 0 Å². The van der Waals surface area contributed by atoms with Crippen LogP contribution in [0.15, 0.2) is 96.6 Å². The number of benzene rings is 3. The van der Waals surface area contributed by atoms with Crippen LogP contribution in [0.5, 0.6) is 11.5 Å². The summed E-state index contributed by atoms with van der Waals surface area (Å²) in [6.45, 7) is 4.25.